The predicted octanol–water partition coefficient (Wildman–Crippen LogP) is 1.90. The summed E-state index contributed by atoms with van der Waals surface area (Å²) in [7, 11) is 1.61. The van der Waals surface area contributed by atoms with Gasteiger partial charge in [0.2, 0.25) is 0 Å². The average Bonchev–Trinajstić information content (AvgIpc) is 2.98. The largest absolute Gasteiger partial charge is 0.493 e. The molecule has 0 aromatic heterocycles. The smallest absolute Gasteiger partial charge is 0.174 e. The van der Waals surface area contributed by atoms with Crippen LogP contribution in [-0.2, 0) is 16.6 Å². The van der Waals surface area contributed by atoms with E-state index in [-0.39, 0.29) is 5.78 Å². The van der Waals surface area contributed by atoms with Crippen LogP contribution < -0.4 is 14.8 Å². The van der Waals surface area contributed by atoms with Crippen LogP contribution in [0, 0.1) is 0 Å². The van der Waals surface area contributed by atoms with Gasteiger partial charge in [0.25, 0.3) is 0 Å². The first-order valence-corrected chi connectivity index (χ1v) is 9.01. The molecule has 4 rings (SSSR count). The quantitative estimate of drug-likeness (QED) is 0.610. The standard InChI is InChI=1S/C20H25NO4/c1-3-11-21-12-10-20-16-13-4-5-15(24-2)17(16)25-18(20)14(22)7-9-19(20,23)8-6-13/h3-5,18,21,23H,1,6-12H2,2H3/t18?,19-,20-/m1/s1. The second-order valence-electron chi connectivity index (χ2n) is 7.34. The van der Waals surface area contributed by atoms with Crippen molar-refractivity contribution < 1.29 is 19.4 Å². The van der Waals surface area contributed by atoms with Crippen molar-refractivity contribution in [1.82, 2.24) is 5.32 Å². The normalized spacial score (nSPS) is 32.1. The van der Waals surface area contributed by atoms with Crippen molar-refractivity contribution in [3.8, 4) is 11.5 Å². The Bertz CT molecular complexity index is 731. The number of aryl methyl sites for hydroxylation is 1. The third-order valence-corrected chi connectivity index (χ3v) is 6.26. The zero-order valence-electron chi connectivity index (χ0n) is 14.6. The monoisotopic (exact) mass is 343 g/mol. The number of hydrogen-bond acceptors (Lipinski definition) is 5. The lowest BCUT2D eigenvalue weighted by Crippen LogP contribution is -2.65. The van der Waals surface area contributed by atoms with Crippen LogP contribution in [0.2, 0.25) is 0 Å². The number of ether oxygens (including phenoxy) is 2. The minimum atomic E-state index is -0.911. The molecule has 0 bridgehead atoms. The summed E-state index contributed by atoms with van der Waals surface area (Å²) in [6.45, 7) is 5.12. The van der Waals surface area contributed by atoms with Gasteiger partial charge in [-0.3, -0.25) is 4.79 Å². The Labute approximate surface area is 148 Å². The Morgan fingerprint density at radius 1 is 1.44 bits per heavy atom. The highest BCUT2D eigenvalue weighted by atomic mass is 16.5. The molecule has 1 aromatic carbocycles. The minimum Gasteiger partial charge on any atom is -0.493 e. The first kappa shape index (κ1) is 16.6. The Morgan fingerprint density at radius 3 is 3.00 bits per heavy atom. The minimum absolute atomic E-state index is 0.0829. The van der Waals surface area contributed by atoms with Crippen LogP contribution in [0.4, 0.5) is 0 Å². The fourth-order valence-corrected chi connectivity index (χ4v) is 5.10. The molecule has 0 radical (unpaired) electrons. The molecule has 3 atom stereocenters. The van der Waals surface area contributed by atoms with Crippen molar-refractivity contribution in [3.63, 3.8) is 0 Å². The summed E-state index contributed by atoms with van der Waals surface area (Å²) < 4.78 is 11.7. The second kappa shape index (κ2) is 5.85. The number of methoxy groups -OCH3 is 1. The number of rotatable bonds is 6. The molecule has 0 spiro atoms. The number of nitrogens with one attached hydrogen (secondary N) is 1. The van der Waals surface area contributed by atoms with Crippen molar-refractivity contribution >= 4 is 5.78 Å². The van der Waals surface area contributed by atoms with Crippen LogP contribution in [0.3, 0.4) is 0 Å². The van der Waals surface area contributed by atoms with E-state index in [2.05, 4.69) is 18.0 Å². The van der Waals surface area contributed by atoms with E-state index >= 15 is 0 Å². The highest BCUT2D eigenvalue weighted by molar-refractivity contribution is 5.89. The van der Waals surface area contributed by atoms with Crippen LogP contribution >= 0.6 is 0 Å². The van der Waals surface area contributed by atoms with Crippen molar-refractivity contribution in [1.29, 1.82) is 0 Å². The third kappa shape index (κ3) is 2.12. The number of carbonyl (C=O) groups is 1. The number of hydrogen-bond donors (Lipinski definition) is 2. The first-order chi connectivity index (χ1) is 12.1. The molecule has 1 unspecified atom stereocenters. The van der Waals surface area contributed by atoms with E-state index in [1.54, 1.807) is 7.11 Å². The van der Waals surface area contributed by atoms with Crippen LogP contribution in [0.1, 0.15) is 36.8 Å². The molecular formula is C20H25NO4. The van der Waals surface area contributed by atoms with Gasteiger partial charge in [-0.05, 0) is 43.9 Å². The fraction of sp³-hybridized carbons (Fsp3) is 0.550. The lowest BCUT2D eigenvalue weighted by Gasteiger charge is -2.53. The Balaban J connectivity index is 1.87. The highest BCUT2D eigenvalue weighted by Crippen LogP contribution is 2.62. The van der Waals surface area contributed by atoms with E-state index < -0.39 is 17.1 Å². The maximum Gasteiger partial charge on any atom is 0.174 e. The van der Waals surface area contributed by atoms with Gasteiger partial charge in [-0.15, -0.1) is 6.58 Å². The van der Waals surface area contributed by atoms with Crippen LogP contribution in [0.15, 0.2) is 24.8 Å². The lowest BCUT2D eigenvalue weighted by molar-refractivity contribution is -0.153. The van der Waals surface area contributed by atoms with Crippen molar-refractivity contribution in [3.05, 3.63) is 35.9 Å². The fourth-order valence-electron chi connectivity index (χ4n) is 5.10. The number of aliphatic hydroxyl groups is 1. The van der Waals surface area contributed by atoms with Crippen LogP contribution in [0.25, 0.3) is 0 Å². The summed E-state index contributed by atoms with van der Waals surface area (Å²) in [5.74, 6) is 1.38. The molecule has 2 aliphatic carbocycles. The van der Waals surface area contributed by atoms with Crippen molar-refractivity contribution in [2.24, 2.45) is 0 Å². The van der Waals surface area contributed by atoms with E-state index in [0.717, 1.165) is 12.0 Å². The van der Waals surface area contributed by atoms with Crippen LogP contribution in [0.5, 0.6) is 11.5 Å². The van der Waals surface area contributed by atoms with Crippen molar-refractivity contribution in [2.75, 3.05) is 20.2 Å². The maximum absolute atomic E-state index is 12.7. The molecule has 3 aliphatic rings. The SMILES string of the molecule is C=CCNCC[C@@]12c3c4ccc(OC)c3OC1C(=O)CC[C@]2(O)CC4. The molecule has 25 heavy (non-hydrogen) atoms. The van der Waals surface area contributed by atoms with E-state index in [0.29, 0.717) is 50.3 Å². The highest BCUT2D eigenvalue weighted by Gasteiger charge is 2.67. The topological polar surface area (TPSA) is 67.8 Å². The molecule has 1 aliphatic heterocycles. The molecule has 1 fully saturated rings. The molecule has 5 heteroatoms. The summed E-state index contributed by atoms with van der Waals surface area (Å²) in [5.41, 5.74) is 0.570. The molecule has 134 valence electrons. The van der Waals surface area contributed by atoms with E-state index in [4.69, 9.17) is 9.47 Å². The van der Waals surface area contributed by atoms with Gasteiger partial charge in [-0.1, -0.05) is 12.1 Å². The zero-order valence-corrected chi connectivity index (χ0v) is 14.6. The number of benzene rings is 1. The Kier molecular flexibility index (Phi) is 3.89. The lowest BCUT2D eigenvalue weighted by atomic mass is 9.52. The van der Waals surface area contributed by atoms with Crippen molar-refractivity contribution in [2.45, 2.75) is 49.2 Å². The first-order valence-electron chi connectivity index (χ1n) is 9.01. The van der Waals surface area contributed by atoms with Gasteiger partial charge in [0, 0.05) is 18.5 Å². The summed E-state index contributed by atoms with van der Waals surface area (Å²) in [5, 5.41) is 14.9. The van der Waals surface area contributed by atoms with Gasteiger partial charge in [0.15, 0.2) is 23.4 Å². The molecule has 5 nitrogen and oxygen atoms in total. The molecular weight excluding hydrogens is 318 g/mol. The molecule has 1 aromatic rings. The second-order valence-corrected chi connectivity index (χ2v) is 7.34. The molecule has 1 saturated carbocycles. The van der Waals surface area contributed by atoms with E-state index in [1.807, 2.05) is 12.1 Å². The Hall–Kier alpha value is -1.85. The van der Waals surface area contributed by atoms with Gasteiger partial charge in [-0.2, -0.15) is 0 Å². The molecule has 1 heterocycles. The summed E-state index contributed by atoms with van der Waals surface area (Å²) in [6.07, 6.45) is 4.18. The van der Waals surface area contributed by atoms with Gasteiger partial charge >= 0.3 is 0 Å². The third-order valence-electron chi connectivity index (χ3n) is 6.26. The molecule has 2 N–H and O–H groups in total. The van der Waals surface area contributed by atoms with E-state index in [9.17, 15) is 9.90 Å². The van der Waals surface area contributed by atoms with Gasteiger partial charge in [0.05, 0.1) is 18.1 Å². The van der Waals surface area contributed by atoms with Gasteiger partial charge in [-0.25, -0.2) is 0 Å². The number of ketones is 1. The zero-order chi connectivity index (χ0) is 17.7. The van der Waals surface area contributed by atoms with E-state index in [1.165, 1.54) is 5.56 Å². The van der Waals surface area contributed by atoms with Crippen LogP contribution in [-0.4, -0.2) is 42.8 Å². The predicted molar refractivity (Wildman–Crippen MR) is 94.3 cm³/mol. The summed E-state index contributed by atoms with van der Waals surface area (Å²) >= 11 is 0. The number of carbonyl (C=O) groups excluding carboxylic acids is 1. The average molecular weight is 343 g/mol. The van der Waals surface area contributed by atoms with Gasteiger partial charge < -0.3 is 19.9 Å². The summed E-state index contributed by atoms with van der Waals surface area (Å²) in [4.78, 5) is 12.7. The Morgan fingerprint density at radius 2 is 2.24 bits per heavy atom. The van der Waals surface area contributed by atoms with Gasteiger partial charge in [0.1, 0.15) is 0 Å². The molecule has 0 saturated heterocycles. The number of Topliss-reactive ketones (excluding diaryl/α,β-unsaturated/α-hetero) is 1. The molecule has 0 amide bonds. The summed E-state index contributed by atoms with van der Waals surface area (Å²) in [6, 6.07) is 3.96. The maximum atomic E-state index is 12.7.